The number of hydrogen-bond acceptors (Lipinski definition) is 5. The first-order chi connectivity index (χ1) is 8.61. The van der Waals surface area contributed by atoms with Crippen molar-refractivity contribution in [3.05, 3.63) is 33.9 Å². The van der Waals surface area contributed by atoms with Crippen LogP contribution in [0.3, 0.4) is 0 Å². The van der Waals surface area contributed by atoms with Gasteiger partial charge >= 0.3 is 0 Å². The Balaban J connectivity index is 2.10. The van der Waals surface area contributed by atoms with Crippen LogP contribution < -0.4 is 5.73 Å². The van der Waals surface area contributed by atoms with Gasteiger partial charge in [-0.3, -0.25) is 15.0 Å². The molecular weight excluding hydrogens is 234 g/mol. The third-order valence-corrected chi connectivity index (χ3v) is 3.39. The predicted molar refractivity (Wildman–Crippen MR) is 68.0 cm³/mol. The Bertz CT molecular complexity index is 450. The Kier molecular flexibility index (Phi) is 3.78. The summed E-state index contributed by atoms with van der Waals surface area (Å²) < 4.78 is 0. The van der Waals surface area contributed by atoms with Gasteiger partial charge in [0.2, 0.25) is 0 Å². The molecule has 6 nitrogen and oxygen atoms in total. The lowest BCUT2D eigenvalue weighted by Crippen LogP contribution is -2.21. The highest BCUT2D eigenvalue weighted by molar-refractivity contribution is 5.62. The Labute approximate surface area is 105 Å². The van der Waals surface area contributed by atoms with Gasteiger partial charge in [-0.05, 0) is 24.4 Å². The Hall–Kier alpha value is -1.66. The van der Waals surface area contributed by atoms with Gasteiger partial charge in [0, 0.05) is 25.8 Å². The van der Waals surface area contributed by atoms with Gasteiger partial charge < -0.3 is 10.8 Å². The fraction of sp³-hybridized carbons (Fsp3) is 0.500. The zero-order chi connectivity index (χ0) is 13.1. The molecule has 1 aromatic carbocycles. The van der Waals surface area contributed by atoms with Gasteiger partial charge in [0.25, 0.3) is 5.69 Å². The summed E-state index contributed by atoms with van der Waals surface area (Å²) in [6, 6.07) is 4.89. The van der Waals surface area contributed by atoms with E-state index < -0.39 is 4.92 Å². The Morgan fingerprint density at radius 3 is 2.94 bits per heavy atom. The summed E-state index contributed by atoms with van der Waals surface area (Å²) in [6.45, 7) is 2.51. The van der Waals surface area contributed by atoms with E-state index >= 15 is 0 Å². The van der Waals surface area contributed by atoms with Crippen molar-refractivity contribution in [3.63, 3.8) is 0 Å². The van der Waals surface area contributed by atoms with E-state index in [0.717, 1.165) is 25.1 Å². The summed E-state index contributed by atoms with van der Waals surface area (Å²) in [4.78, 5) is 12.5. The van der Waals surface area contributed by atoms with Crippen LogP contribution in [-0.4, -0.2) is 34.6 Å². The first kappa shape index (κ1) is 12.8. The van der Waals surface area contributed by atoms with Crippen molar-refractivity contribution in [2.45, 2.75) is 13.0 Å². The van der Waals surface area contributed by atoms with Crippen LogP contribution in [0.2, 0.25) is 0 Å². The number of benzene rings is 1. The van der Waals surface area contributed by atoms with Crippen LogP contribution in [-0.2, 0) is 6.54 Å². The van der Waals surface area contributed by atoms with Crippen LogP contribution >= 0.6 is 0 Å². The molecule has 18 heavy (non-hydrogen) atoms. The van der Waals surface area contributed by atoms with Gasteiger partial charge in [0.05, 0.1) is 4.92 Å². The van der Waals surface area contributed by atoms with Crippen LogP contribution in [0.15, 0.2) is 18.2 Å². The lowest BCUT2D eigenvalue weighted by atomic mass is 10.1. The molecule has 1 saturated heterocycles. The van der Waals surface area contributed by atoms with Crippen molar-refractivity contribution in [2.75, 3.05) is 25.4 Å². The normalized spacial score (nSPS) is 20.2. The number of anilines is 1. The number of para-hydroxylation sites is 1. The molecular formula is C12H17N3O3. The van der Waals surface area contributed by atoms with Crippen LogP contribution in [0, 0.1) is 16.0 Å². The first-order valence-corrected chi connectivity index (χ1v) is 5.96. The molecule has 0 amide bonds. The second-order valence-electron chi connectivity index (χ2n) is 4.68. The van der Waals surface area contributed by atoms with Crippen molar-refractivity contribution in [1.82, 2.24) is 4.90 Å². The maximum atomic E-state index is 10.8. The number of nitrogen functional groups attached to an aromatic ring is 1. The van der Waals surface area contributed by atoms with Gasteiger partial charge in [0.15, 0.2) is 0 Å². The molecule has 0 saturated carbocycles. The molecule has 0 spiro atoms. The predicted octanol–water partition coefficient (Wildman–Crippen LogP) is 0.991. The van der Waals surface area contributed by atoms with E-state index in [1.165, 1.54) is 6.07 Å². The fourth-order valence-corrected chi connectivity index (χ4v) is 2.34. The maximum Gasteiger partial charge on any atom is 0.292 e. The van der Waals surface area contributed by atoms with E-state index in [4.69, 9.17) is 10.8 Å². The van der Waals surface area contributed by atoms with Crippen molar-refractivity contribution in [2.24, 2.45) is 5.92 Å². The lowest BCUT2D eigenvalue weighted by molar-refractivity contribution is -0.384. The van der Waals surface area contributed by atoms with Crippen molar-refractivity contribution in [3.8, 4) is 0 Å². The highest BCUT2D eigenvalue weighted by Crippen LogP contribution is 2.27. The minimum Gasteiger partial charge on any atom is -0.396 e. The standard InChI is InChI=1S/C12H17N3O3/c13-12-10(2-1-3-11(12)15(17)18)7-14-5-4-9(6-14)8-16/h1-3,9,16H,4-8,13H2. The van der Waals surface area contributed by atoms with E-state index in [1.807, 2.05) is 6.07 Å². The molecule has 1 unspecified atom stereocenters. The number of hydrogen-bond donors (Lipinski definition) is 2. The molecule has 0 aromatic heterocycles. The molecule has 1 aromatic rings. The maximum absolute atomic E-state index is 10.8. The van der Waals surface area contributed by atoms with Gasteiger partial charge in [0.1, 0.15) is 5.69 Å². The number of nitrogens with two attached hydrogens (primary N) is 1. The lowest BCUT2D eigenvalue weighted by Gasteiger charge is -2.16. The topological polar surface area (TPSA) is 92.6 Å². The molecule has 0 radical (unpaired) electrons. The summed E-state index contributed by atoms with van der Waals surface area (Å²) in [7, 11) is 0. The highest BCUT2D eigenvalue weighted by Gasteiger charge is 2.23. The third kappa shape index (κ3) is 2.60. The van der Waals surface area contributed by atoms with Crippen molar-refractivity contribution >= 4 is 11.4 Å². The second-order valence-corrected chi connectivity index (χ2v) is 4.68. The second kappa shape index (κ2) is 5.32. The number of nitro benzene ring substituents is 1. The Morgan fingerprint density at radius 1 is 1.56 bits per heavy atom. The SMILES string of the molecule is Nc1c(CN2CCC(CO)C2)cccc1[N+](=O)[O-]. The number of aliphatic hydroxyl groups excluding tert-OH is 1. The molecule has 1 fully saturated rings. The zero-order valence-electron chi connectivity index (χ0n) is 10.1. The minimum absolute atomic E-state index is 0.0367. The quantitative estimate of drug-likeness (QED) is 0.473. The first-order valence-electron chi connectivity index (χ1n) is 5.96. The van der Waals surface area contributed by atoms with Gasteiger partial charge in [-0.1, -0.05) is 12.1 Å². The summed E-state index contributed by atoms with van der Waals surface area (Å²) in [5, 5.41) is 19.9. The summed E-state index contributed by atoms with van der Waals surface area (Å²) in [5.74, 6) is 0.310. The highest BCUT2D eigenvalue weighted by atomic mass is 16.6. The van der Waals surface area contributed by atoms with E-state index in [9.17, 15) is 10.1 Å². The average molecular weight is 251 g/mol. The Morgan fingerprint density at radius 2 is 2.33 bits per heavy atom. The van der Waals surface area contributed by atoms with E-state index in [-0.39, 0.29) is 18.0 Å². The molecule has 1 heterocycles. The molecule has 1 aliphatic heterocycles. The summed E-state index contributed by atoms with van der Waals surface area (Å²) in [6.07, 6.45) is 0.964. The van der Waals surface area contributed by atoms with E-state index in [1.54, 1.807) is 6.07 Å². The molecule has 3 N–H and O–H groups in total. The number of aliphatic hydroxyl groups is 1. The number of nitrogens with zero attached hydrogens (tertiary/aromatic N) is 2. The van der Waals surface area contributed by atoms with Crippen LogP contribution in [0.1, 0.15) is 12.0 Å². The van der Waals surface area contributed by atoms with Gasteiger partial charge in [-0.25, -0.2) is 0 Å². The summed E-state index contributed by atoms with van der Waals surface area (Å²) in [5.41, 5.74) is 6.80. The molecule has 98 valence electrons. The molecule has 1 atom stereocenters. The van der Waals surface area contributed by atoms with Gasteiger partial charge in [-0.15, -0.1) is 0 Å². The fourth-order valence-electron chi connectivity index (χ4n) is 2.34. The monoisotopic (exact) mass is 251 g/mol. The average Bonchev–Trinajstić information content (AvgIpc) is 2.79. The third-order valence-electron chi connectivity index (χ3n) is 3.39. The van der Waals surface area contributed by atoms with Crippen molar-refractivity contribution < 1.29 is 10.0 Å². The molecule has 0 aliphatic carbocycles. The van der Waals surface area contributed by atoms with Gasteiger partial charge in [-0.2, -0.15) is 0 Å². The molecule has 2 rings (SSSR count). The van der Waals surface area contributed by atoms with E-state index in [2.05, 4.69) is 4.90 Å². The van der Waals surface area contributed by atoms with Crippen LogP contribution in [0.4, 0.5) is 11.4 Å². The molecule has 6 heteroatoms. The van der Waals surface area contributed by atoms with Crippen LogP contribution in [0.5, 0.6) is 0 Å². The smallest absolute Gasteiger partial charge is 0.292 e. The van der Waals surface area contributed by atoms with E-state index in [0.29, 0.717) is 12.5 Å². The molecule has 0 bridgehead atoms. The van der Waals surface area contributed by atoms with Crippen LogP contribution in [0.25, 0.3) is 0 Å². The minimum atomic E-state index is -0.459. The molecule has 1 aliphatic rings. The number of likely N-dealkylation sites (tertiary alicyclic amines) is 1. The number of nitro groups is 1. The number of rotatable bonds is 4. The largest absolute Gasteiger partial charge is 0.396 e. The zero-order valence-corrected chi connectivity index (χ0v) is 10.1. The van der Waals surface area contributed by atoms with Crippen molar-refractivity contribution in [1.29, 1.82) is 0 Å². The summed E-state index contributed by atoms with van der Waals surface area (Å²) >= 11 is 0.